The highest BCUT2D eigenvalue weighted by Crippen LogP contribution is 2.28. The van der Waals surface area contributed by atoms with E-state index in [0.717, 1.165) is 21.0 Å². The third kappa shape index (κ3) is 3.08. The highest BCUT2D eigenvalue weighted by molar-refractivity contribution is 7.16. The van der Waals surface area contributed by atoms with Gasteiger partial charge in [-0.25, -0.2) is 0 Å². The summed E-state index contributed by atoms with van der Waals surface area (Å²) in [6, 6.07) is 24.3. The number of para-hydroxylation sites is 1. The Labute approximate surface area is 150 Å². The summed E-state index contributed by atoms with van der Waals surface area (Å²) in [7, 11) is 0. The molecule has 2 aromatic heterocycles. The maximum atomic E-state index is 12.4. The van der Waals surface area contributed by atoms with Crippen LogP contribution in [0.1, 0.15) is 20.9 Å². The molecule has 0 aliphatic carbocycles. The van der Waals surface area contributed by atoms with Gasteiger partial charge in [-0.1, -0.05) is 48.5 Å². The van der Waals surface area contributed by atoms with E-state index in [2.05, 4.69) is 35.0 Å². The van der Waals surface area contributed by atoms with Crippen LogP contribution in [-0.4, -0.2) is 10.5 Å². The molecule has 0 aliphatic rings. The average Bonchev–Trinajstić information content (AvgIpc) is 3.24. The van der Waals surface area contributed by atoms with Crippen molar-refractivity contribution in [1.82, 2.24) is 9.88 Å². The molecule has 2 heterocycles. The van der Waals surface area contributed by atoms with E-state index in [1.807, 2.05) is 54.6 Å². The Morgan fingerprint density at radius 1 is 1.00 bits per heavy atom. The number of amides is 1. The summed E-state index contributed by atoms with van der Waals surface area (Å²) < 4.78 is 2.20. The van der Waals surface area contributed by atoms with Gasteiger partial charge in [0.05, 0.1) is 10.4 Å². The molecule has 0 radical (unpaired) electrons. The molecule has 0 atom stereocenters. The third-order valence-electron chi connectivity index (χ3n) is 4.23. The minimum atomic E-state index is -0.0331. The lowest BCUT2D eigenvalue weighted by molar-refractivity contribution is 0.0955. The van der Waals surface area contributed by atoms with Crippen LogP contribution in [0.15, 0.2) is 72.8 Å². The molecule has 0 saturated carbocycles. The molecule has 4 aromatic rings. The zero-order valence-electron chi connectivity index (χ0n) is 13.9. The van der Waals surface area contributed by atoms with Gasteiger partial charge < -0.3 is 9.88 Å². The summed E-state index contributed by atoms with van der Waals surface area (Å²) in [5.74, 6) is -0.0331. The standard InChI is InChI=1S/C21H18N2OS/c1-15-13-17-9-5-6-10-18(17)23(15)20-12-11-19(25-20)21(24)22-14-16-7-3-2-4-8-16/h2-13H,14H2,1H3,(H,22,24). The van der Waals surface area contributed by atoms with E-state index < -0.39 is 0 Å². The van der Waals surface area contributed by atoms with Crippen molar-refractivity contribution >= 4 is 28.1 Å². The summed E-state index contributed by atoms with van der Waals surface area (Å²) in [6.45, 7) is 2.63. The van der Waals surface area contributed by atoms with Crippen molar-refractivity contribution in [2.45, 2.75) is 13.5 Å². The Bertz CT molecular complexity index is 1030. The summed E-state index contributed by atoms with van der Waals surface area (Å²) in [5.41, 5.74) is 3.43. The molecule has 4 heteroatoms. The van der Waals surface area contributed by atoms with Crippen LogP contribution in [0.4, 0.5) is 0 Å². The summed E-state index contributed by atoms with van der Waals surface area (Å²) in [4.78, 5) is 13.2. The first-order chi connectivity index (χ1) is 12.2. The van der Waals surface area contributed by atoms with Gasteiger partial charge in [-0.15, -0.1) is 11.3 Å². The Kier molecular flexibility index (Phi) is 4.12. The molecule has 0 fully saturated rings. The maximum absolute atomic E-state index is 12.4. The molecule has 0 aliphatic heterocycles. The number of hydrogen-bond acceptors (Lipinski definition) is 2. The minimum Gasteiger partial charge on any atom is -0.347 e. The Hall–Kier alpha value is -2.85. The van der Waals surface area contributed by atoms with E-state index in [4.69, 9.17) is 0 Å². The first-order valence-corrected chi connectivity index (χ1v) is 9.03. The van der Waals surface area contributed by atoms with Crippen molar-refractivity contribution in [3.05, 3.63) is 88.9 Å². The largest absolute Gasteiger partial charge is 0.347 e. The maximum Gasteiger partial charge on any atom is 0.261 e. The van der Waals surface area contributed by atoms with Crippen molar-refractivity contribution in [3.63, 3.8) is 0 Å². The smallest absolute Gasteiger partial charge is 0.261 e. The van der Waals surface area contributed by atoms with Gasteiger partial charge in [0.25, 0.3) is 5.91 Å². The number of aryl methyl sites for hydroxylation is 1. The van der Waals surface area contributed by atoms with Gasteiger partial charge in [-0.3, -0.25) is 4.79 Å². The van der Waals surface area contributed by atoms with E-state index in [1.54, 1.807) is 0 Å². The van der Waals surface area contributed by atoms with Crippen molar-refractivity contribution in [1.29, 1.82) is 0 Å². The number of fused-ring (bicyclic) bond motifs is 1. The monoisotopic (exact) mass is 346 g/mol. The summed E-state index contributed by atoms with van der Waals surface area (Å²) >= 11 is 1.51. The quantitative estimate of drug-likeness (QED) is 0.558. The van der Waals surface area contributed by atoms with Gasteiger partial charge in [0.1, 0.15) is 5.00 Å². The lowest BCUT2D eigenvalue weighted by Crippen LogP contribution is -2.21. The molecule has 0 saturated heterocycles. The second-order valence-electron chi connectivity index (χ2n) is 5.99. The molecule has 25 heavy (non-hydrogen) atoms. The molecule has 0 bridgehead atoms. The first kappa shape index (κ1) is 15.7. The Morgan fingerprint density at radius 2 is 1.76 bits per heavy atom. The zero-order chi connectivity index (χ0) is 17.2. The van der Waals surface area contributed by atoms with Gasteiger partial charge in [0.2, 0.25) is 0 Å². The second kappa shape index (κ2) is 6.57. The molecular formula is C21H18N2OS. The van der Waals surface area contributed by atoms with Gasteiger partial charge in [0, 0.05) is 17.6 Å². The molecule has 124 valence electrons. The van der Waals surface area contributed by atoms with Crippen LogP contribution in [0, 0.1) is 6.92 Å². The van der Waals surface area contributed by atoms with Crippen LogP contribution in [0.5, 0.6) is 0 Å². The highest BCUT2D eigenvalue weighted by atomic mass is 32.1. The Morgan fingerprint density at radius 3 is 2.60 bits per heavy atom. The second-order valence-corrected chi connectivity index (χ2v) is 7.05. The summed E-state index contributed by atoms with van der Waals surface area (Å²) in [6.07, 6.45) is 0. The molecule has 0 spiro atoms. The van der Waals surface area contributed by atoms with Crippen LogP contribution in [0.3, 0.4) is 0 Å². The fourth-order valence-electron chi connectivity index (χ4n) is 3.02. The van der Waals surface area contributed by atoms with Crippen molar-refractivity contribution in [2.75, 3.05) is 0 Å². The van der Waals surface area contributed by atoms with Gasteiger partial charge in [-0.2, -0.15) is 0 Å². The Balaban J connectivity index is 1.57. The number of aromatic nitrogens is 1. The van der Waals surface area contributed by atoms with E-state index in [-0.39, 0.29) is 5.91 Å². The van der Waals surface area contributed by atoms with E-state index in [0.29, 0.717) is 6.54 Å². The SMILES string of the molecule is Cc1cc2ccccc2n1-c1ccc(C(=O)NCc2ccccc2)s1. The van der Waals surface area contributed by atoms with Crippen LogP contribution >= 0.6 is 11.3 Å². The number of nitrogens with one attached hydrogen (secondary N) is 1. The van der Waals surface area contributed by atoms with E-state index >= 15 is 0 Å². The summed E-state index contributed by atoms with van der Waals surface area (Å²) in [5, 5.41) is 5.26. The van der Waals surface area contributed by atoms with Crippen LogP contribution in [0.2, 0.25) is 0 Å². The molecule has 2 aromatic carbocycles. The third-order valence-corrected chi connectivity index (χ3v) is 5.30. The first-order valence-electron chi connectivity index (χ1n) is 8.22. The van der Waals surface area contributed by atoms with Gasteiger partial charge in [-0.05, 0) is 36.8 Å². The number of carbonyl (C=O) groups is 1. The van der Waals surface area contributed by atoms with Crippen molar-refractivity contribution < 1.29 is 4.79 Å². The van der Waals surface area contributed by atoms with Crippen LogP contribution < -0.4 is 5.32 Å². The van der Waals surface area contributed by atoms with Crippen LogP contribution in [0.25, 0.3) is 15.9 Å². The molecule has 0 unspecified atom stereocenters. The minimum absolute atomic E-state index is 0.0331. The number of thiophene rings is 1. The number of rotatable bonds is 4. The molecule has 3 nitrogen and oxygen atoms in total. The number of benzene rings is 2. The fraction of sp³-hybridized carbons (Fsp3) is 0.0952. The zero-order valence-corrected chi connectivity index (χ0v) is 14.7. The predicted octanol–water partition coefficient (Wildman–Crippen LogP) is 4.93. The number of nitrogens with zero attached hydrogens (tertiary/aromatic N) is 1. The van der Waals surface area contributed by atoms with E-state index in [1.165, 1.54) is 22.4 Å². The number of hydrogen-bond donors (Lipinski definition) is 1. The lowest BCUT2D eigenvalue weighted by Gasteiger charge is -2.05. The molecular weight excluding hydrogens is 328 g/mol. The lowest BCUT2D eigenvalue weighted by atomic mass is 10.2. The fourth-order valence-corrected chi connectivity index (χ4v) is 4.02. The molecule has 1 N–H and O–H groups in total. The van der Waals surface area contributed by atoms with E-state index in [9.17, 15) is 4.79 Å². The van der Waals surface area contributed by atoms with Gasteiger partial charge >= 0.3 is 0 Å². The van der Waals surface area contributed by atoms with Crippen molar-refractivity contribution in [3.8, 4) is 5.00 Å². The van der Waals surface area contributed by atoms with Crippen LogP contribution in [-0.2, 0) is 6.54 Å². The van der Waals surface area contributed by atoms with Gasteiger partial charge in [0.15, 0.2) is 0 Å². The highest BCUT2D eigenvalue weighted by Gasteiger charge is 2.13. The average molecular weight is 346 g/mol. The molecule has 4 rings (SSSR count). The normalized spacial score (nSPS) is 10.9. The molecule has 1 amide bonds. The topological polar surface area (TPSA) is 34.0 Å². The number of carbonyl (C=O) groups excluding carboxylic acids is 1. The van der Waals surface area contributed by atoms with Crippen molar-refractivity contribution in [2.24, 2.45) is 0 Å². The predicted molar refractivity (Wildman–Crippen MR) is 104 cm³/mol.